The van der Waals surface area contributed by atoms with Crippen LogP contribution < -0.4 is 0 Å². The van der Waals surface area contributed by atoms with E-state index in [1.807, 2.05) is 41.3 Å². The molecule has 1 saturated carbocycles. The summed E-state index contributed by atoms with van der Waals surface area (Å²) >= 11 is 0. The molecule has 1 heterocycles. The molecule has 0 bridgehead atoms. The largest absolute Gasteiger partial charge is 0.390 e. The van der Waals surface area contributed by atoms with Gasteiger partial charge in [-0.3, -0.25) is 4.79 Å². The van der Waals surface area contributed by atoms with E-state index in [0.717, 1.165) is 42.5 Å². The first-order valence-electron chi connectivity index (χ1n) is 10.0. The SMILES string of the molecule is O=C(C1CCCC1)N(Cc1cccc(F)c1)C[C@H]1CC(c2ccccc2)=NO1. The normalized spacial score (nSPS) is 19.3. The summed E-state index contributed by atoms with van der Waals surface area (Å²) in [5.41, 5.74) is 2.75. The average Bonchev–Trinajstić information content (AvgIpc) is 3.40. The molecule has 1 fully saturated rings. The number of halogens is 1. The molecule has 0 spiro atoms. The van der Waals surface area contributed by atoms with Crippen molar-refractivity contribution in [3.63, 3.8) is 0 Å². The summed E-state index contributed by atoms with van der Waals surface area (Å²) in [7, 11) is 0. The van der Waals surface area contributed by atoms with Gasteiger partial charge in [-0.25, -0.2) is 4.39 Å². The lowest BCUT2D eigenvalue weighted by Gasteiger charge is -2.27. The number of oxime groups is 1. The number of nitrogens with zero attached hydrogens (tertiary/aromatic N) is 2. The lowest BCUT2D eigenvalue weighted by atomic mass is 10.0. The Morgan fingerprint density at radius 2 is 1.89 bits per heavy atom. The van der Waals surface area contributed by atoms with Gasteiger partial charge in [0.1, 0.15) is 5.82 Å². The van der Waals surface area contributed by atoms with E-state index in [1.54, 1.807) is 6.07 Å². The molecule has 1 amide bonds. The van der Waals surface area contributed by atoms with Gasteiger partial charge in [0.05, 0.1) is 12.3 Å². The maximum atomic E-state index is 13.6. The van der Waals surface area contributed by atoms with Crippen LogP contribution >= 0.6 is 0 Å². The van der Waals surface area contributed by atoms with Gasteiger partial charge in [0.15, 0.2) is 6.10 Å². The van der Waals surface area contributed by atoms with Crippen molar-refractivity contribution in [2.45, 2.75) is 44.8 Å². The molecule has 146 valence electrons. The zero-order valence-electron chi connectivity index (χ0n) is 15.9. The second-order valence-corrected chi connectivity index (χ2v) is 7.67. The maximum absolute atomic E-state index is 13.6. The molecule has 2 aromatic carbocycles. The molecular formula is C23H25FN2O2. The van der Waals surface area contributed by atoms with E-state index >= 15 is 0 Å². The summed E-state index contributed by atoms with van der Waals surface area (Å²) in [4.78, 5) is 20.6. The maximum Gasteiger partial charge on any atom is 0.226 e. The molecule has 0 unspecified atom stereocenters. The van der Waals surface area contributed by atoms with E-state index in [2.05, 4.69) is 5.16 Å². The van der Waals surface area contributed by atoms with Crippen LogP contribution in [0.2, 0.25) is 0 Å². The molecular weight excluding hydrogens is 355 g/mol. The minimum Gasteiger partial charge on any atom is -0.390 e. The number of carbonyl (C=O) groups is 1. The fourth-order valence-electron chi connectivity index (χ4n) is 4.09. The van der Waals surface area contributed by atoms with Crippen molar-refractivity contribution in [2.24, 2.45) is 11.1 Å². The van der Waals surface area contributed by atoms with Gasteiger partial charge >= 0.3 is 0 Å². The van der Waals surface area contributed by atoms with Gasteiger partial charge in [0.25, 0.3) is 0 Å². The molecule has 0 aromatic heterocycles. The van der Waals surface area contributed by atoms with Crippen LogP contribution in [0, 0.1) is 11.7 Å². The Morgan fingerprint density at radius 1 is 1.11 bits per heavy atom. The van der Waals surface area contributed by atoms with Crippen LogP contribution in [0.1, 0.15) is 43.2 Å². The molecule has 2 aromatic rings. The van der Waals surface area contributed by atoms with Crippen molar-refractivity contribution in [2.75, 3.05) is 6.54 Å². The van der Waals surface area contributed by atoms with Crippen LogP contribution in [-0.2, 0) is 16.2 Å². The Hall–Kier alpha value is -2.69. The quantitative estimate of drug-likeness (QED) is 0.738. The van der Waals surface area contributed by atoms with Gasteiger partial charge in [0.2, 0.25) is 5.91 Å². The number of carbonyl (C=O) groups excluding carboxylic acids is 1. The summed E-state index contributed by atoms with van der Waals surface area (Å²) in [6.45, 7) is 0.860. The van der Waals surface area contributed by atoms with E-state index in [1.165, 1.54) is 12.1 Å². The summed E-state index contributed by atoms with van der Waals surface area (Å²) in [5, 5.41) is 4.24. The standard InChI is InChI=1S/C23H25FN2O2/c24-20-12-6-7-17(13-20)15-26(23(27)19-10-4-5-11-19)16-21-14-22(25-28-21)18-8-2-1-3-9-18/h1-3,6-9,12-13,19,21H,4-5,10-11,14-16H2/t21-/m1/s1. The van der Waals surface area contributed by atoms with Gasteiger partial charge in [0, 0.05) is 18.9 Å². The fraction of sp³-hybridized carbons (Fsp3) is 0.391. The van der Waals surface area contributed by atoms with Gasteiger partial charge in [-0.2, -0.15) is 0 Å². The van der Waals surface area contributed by atoms with Gasteiger partial charge in [-0.15, -0.1) is 0 Å². The van der Waals surface area contributed by atoms with Crippen LogP contribution in [0.15, 0.2) is 59.8 Å². The topological polar surface area (TPSA) is 41.9 Å². The van der Waals surface area contributed by atoms with Crippen molar-refractivity contribution in [3.05, 3.63) is 71.5 Å². The summed E-state index contributed by atoms with van der Waals surface area (Å²) in [6, 6.07) is 16.4. The van der Waals surface area contributed by atoms with Crippen LogP contribution in [0.5, 0.6) is 0 Å². The Balaban J connectivity index is 1.45. The third-order valence-corrected chi connectivity index (χ3v) is 5.54. The van der Waals surface area contributed by atoms with Gasteiger partial charge in [-0.05, 0) is 36.1 Å². The highest BCUT2D eigenvalue weighted by Crippen LogP contribution is 2.28. The van der Waals surface area contributed by atoms with Crippen molar-refractivity contribution in [1.82, 2.24) is 4.90 Å². The third-order valence-electron chi connectivity index (χ3n) is 5.54. The molecule has 4 nitrogen and oxygen atoms in total. The van der Waals surface area contributed by atoms with E-state index in [0.29, 0.717) is 19.5 Å². The minimum atomic E-state index is -0.280. The smallest absolute Gasteiger partial charge is 0.226 e. The lowest BCUT2D eigenvalue weighted by Crippen LogP contribution is -2.40. The second kappa shape index (κ2) is 8.55. The van der Waals surface area contributed by atoms with Gasteiger partial charge < -0.3 is 9.74 Å². The van der Waals surface area contributed by atoms with Crippen LogP contribution in [0.4, 0.5) is 4.39 Å². The first-order valence-corrected chi connectivity index (χ1v) is 10.0. The first kappa shape index (κ1) is 18.7. The Labute approximate surface area is 165 Å². The fourth-order valence-corrected chi connectivity index (χ4v) is 4.09. The summed E-state index contributed by atoms with van der Waals surface area (Å²) in [6.07, 6.45) is 4.58. The van der Waals surface area contributed by atoms with Crippen molar-refractivity contribution in [1.29, 1.82) is 0 Å². The van der Waals surface area contributed by atoms with Gasteiger partial charge in [-0.1, -0.05) is 60.5 Å². The molecule has 5 heteroatoms. The Kier molecular flexibility index (Phi) is 5.70. The summed E-state index contributed by atoms with van der Waals surface area (Å²) in [5.74, 6) is -0.0550. The second-order valence-electron chi connectivity index (χ2n) is 7.67. The molecule has 1 aliphatic carbocycles. The van der Waals surface area contributed by atoms with E-state index in [-0.39, 0.29) is 23.7 Å². The van der Waals surface area contributed by atoms with E-state index in [4.69, 9.17) is 4.84 Å². The predicted molar refractivity (Wildman–Crippen MR) is 106 cm³/mol. The van der Waals surface area contributed by atoms with E-state index < -0.39 is 0 Å². The van der Waals surface area contributed by atoms with Crippen LogP contribution in [0.3, 0.4) is 0 Å². The highest BCUT2D eigenvalue weighted by Gasteiger charge is 2.31. The first-order chi connectivity index (χ1) is 13.7. The Morgan fingerprint density at radius 3 is 2.64 bits per heavy atom. The molecule has 2 aliphatic rings. The molecule has 0 N–H and O–H groups in total. The van der Waals surface area contributed by atoms with Crippen LogP contribution in [-0.4, -0.2) is 29.2 Å². The predicted octanol–water partition coefficient (Wildman–Crippen LogP) is 4.54. The number of hydrogen-bond acceptors (Lipinski definition) is 3. The van der Waals surface area contributed by atoms with Crippen molar-refractivity contribution in [3.8, 4) is 0 Å². The number of rotatable bonds is 6. The minimum absolute atomic E-state index is 0.0736. The number of benzene rings is 2. The monoisotopic (exact) mass is 380 g/mol. The molecule has 0 radical (unpaired) electrons. The van der Waals surface area contributed by atoms with Crippen molar-refractivity contribution >= 4 is 11.6 Å². The zero-order chi connectivity index (χ0) is 19.3. The van der Waals surface area contributed by atoms with Crippen molar-refractivity contribution < 1.29 is 14.0 Å². The summed E-state index contributed by atoms with van der Waals surface area (Å²) < 4.78 is 13.6. The van der Waals surface area contributed by atoms with Crippen LogP contribution in [0.25, 0.3) is 0 Å². The molecule has 4 rings (SSSR count). The molecule has 1 atom stereocenters. The molecule has 28 heavy (non-hydrogen) atoms. The third kappa shape index (κ3) is 4.41. The number of amides is 1. The highest BCUT2D eigenvalue weighted by atomic mass is 19.1. The highest BCUT2D eigenvalue weighted by molar-refractivity contribution is 6.01. The molecule has 1 aliphatic heterocycles. The molecule has 0 saturated heterocycles. The zero-order valence-corrected chi connectivity index (χ0v) is 15.9. The lowest BCUT2D eigenvalue weighted by molar-refractivity contribution is -0.137. The number of hydrogen-bond donors (Lipinski definition) is 0. The average molecular weight is 380 g/mol. The van der Waals surface area contributed by atoms with E-state index in [9.17, 15) is 9.18 Å². The Bertz CT molecular complexity index is 847.